The first-order valence-electron chi connectivity index (χ1n) is 6.44. The molecule has 0 unspecified atom stereocenters. The Morgan fingerprint density at radius 3 is 3.10 bits per heavy atom. The Morgan fingerprint density at radius 2 is 2.25 bits per heavy atom. The Bertz CT molecular complexity index is 655. The average Bonchev–Trinajstić information content (AvgIpc) is 2.49. The van der Waals surface area contributed by atoms with Crippen molar-refractivity contribution in [2.45, 2.75) is 6.42 Å². The molecule has 0 radical (unpaired) electrons. The van der Waals surface area contributed by atoms with Gasteiger partial charge < -0.3 is 15.4 Å². The molecule has 1 aromatic carbocycles. The van der Waals surface area contributed by atoms with Crippen LogP contribution in [0, 0.1) is 0 Å². The number of nitrogens with zero attached hydrogens (tertiary/aromatic N) is 1. The zero-order valence-electron chi connectivity index (χ0n) is 11.1. The summed E-state index contributed by atoms with van der Waals surface area (Å²) < 4.78 is 5.25. The number of hydrogen-bond donors (Lipinski definition) is 2. The minimum atomic E-state index is -0.0170. The second kappa shape index (κ2) is 5.21. The Labute approximate surface area is 117 Å². The van der Waals surface area contributed by atoms with Crippen molar-refractivity contribution in [3.63, 3.8) is 0 Å². The quantitative estimate of drug-likeness (QED) is 0.896. The fourth-order valence-electron chi connectivity index (χ4n) is 2.29. The number of rotatable bonds is 3. The fraction of sp³-hybridized carbons (Fsp3) is 0.200. The van der Waals surface area contributed by atoms with E-state index in [0.717, 1.165) is 28.9 Å². The van der Waals surface area contributed by atoms with Crippen molar-refractivity contribution >= 4 is 17.3 Å². The molecule has 0 bridgehead atoms. The number of amides is 1. The van der Waals surface area contributed by atoms with Crippen LogP contribution in [0.15, 0.2) is 36.7 Å². The van der Waals surface area contributed by atoms with Crippen molar-refractivity contribution in [1.29, 1.82) is 0 Å². The molecule has 3 rings (SSSR count). The topological polar surface area (TPSA) is 63.2 Å². The Balaban J connectivity index is 1.92. The molecule has 2 N–H and O–H groups in total. The van der Waals surface area contributed by atoms with E-state index in [4.69, 9.17) is 4.74 Å². The summed E-state index contributed by atoms with van der Waals surface area (Å²) in [6.45, 7) is 0.705. The number of carbonyl (C=O) groups excluding carboxylic acids is 1. The fourth-order valence-corrected chi connectivity index (χ4v) is 2.29. The molecule has 0 fully saturated rings. The zero-order valence-corrected chi connectivity index (χ0v) is 11.1. The van der Waals surface area contributed by atoms with Crippen LogP contribution < -0.4 is 15.4 Å². The Kier molecular flexibility index (Phi) is 3.25. The highest BCUT2D eigenvalue weighted by Gasteiger charge is 2.16. The molecule has 0 aliphatic carbocycles. The highest BCUT2D eigenvalue weighted by atomic mass is 16.5. The molecule has 2 heterocycles. The van der Waals surface area contributed by atoms with Gasteiger partial charge in [0.05, 0.1) is 19.0 Å². The molecule has 5 nitrogen and oxygen atoms in total. The molecule has 2 aromatic rings. The lowest BCUT2D eigenvalue weighted by molar-refractivity contribution is 0.0946. The number of carbonyl (C=O) groups is 1. The second-order valence-corrected chi connectivity index (χ2v) is 4.58. The van der Waals surface area contributed by atoms with Crippen LogP contribution in [0.5, 0.6) is 5.75 Å². The van der Waals surface area contributed by atoms with E-state index < -0.39 is 0 Å². The molecule has 1 aliphatic rings. The van der Waals surface area contributed by atoms with Crippen LogP contribution in [-0.2, 0) is 6.42 Å². The standard InChI is InChI=1S/C15H15N3O2/c1-20-14-9-16-6-5-13(14)18-11-3-2-10-4-7-17-15(19)12(10)8-11/h2-3,5-6,8-9H,4,7H2,1H3,(H,16,18)(H,17,19). The molecule has 0 saturated heterocycles. The average molecular weight is 269 g/mol. The first-order chi connectivity index (χ1) is 9.78. The summed E-state index contributed by atoms with van der Waals surface area (Å²) in [6.07, 6.45) is 4.21. The van der Waals surface area contributed by atoms with E-state index in [-0.39, 0.29) is 5.91 Å². The van der Waals surface area contributed by atoms with Crippen molar-refractivity contribution in [2.24, 2.45) is 0 Å². The Morgan fingerprint density at radius 1 is 1.35 bits per heavy atom. The van der Waals surface area contributed by atoms with Crippen LogP contribution in [0.4, 0.5) is 11.4 Å². The minimum Gasteiger partial charge on any atom is -0.493 e. The maximum atomic E-state index is 11.8. The number of pyridine rings is 1. The Hall–Kier alpha value is -2.56. The molecule has 1 amide bonds. The largest absolute Gasteiger partial charge is 0.493 e. The smallest absolute Gasteiger partial charge is 0.251 e. The van der Waals surface area contributed by atoms with Gasteiger partial charge in [0, 0.05) is 24.0 Å². The predicted molar refractivity (Wildman–Crippen MR) is 76.6 cm³/mol. The van der Waals surface area contributed by atoms with Crippen LogP contribution >= 0.6 is 0 Å². The molecule has 1 aromatic heterocycles. The van der Waals surface area contributed by atoms with Crippen molar-refractivity contribution < 1.29 is 9.53 Å². The van der Waals surface area contributed by atoms with E-state index >= 15 is 0 Å². The van der Waals surface area contributed by atoms with Gasteiger partial charge in [-0.1, -0.05) is 6.07 Å². The molecule has 5 heteroatoms. The van der Waals surface area contributed by atoms with Crippen LogP contribution in [-0.4, -0.2) is 24.5 Å². The third-order valence-corrected chi connectivity index (χ3v) is 3.32. The number of ether oxygens (including phenoxy) is 1. The van der Waals surface area contributed by atoms with Crippen molar-refractivity contribution in [3.8, 4) is 5.75 Å². The van der Waals surface area contributed by atoms with E-state index in [9.17, 15) is 4.79 Å². The van der Waals surface area contributed by atoms with Crippen molar-refractivity contribution in [3.05, 3.63) is 47.8 Å². The van der Waals surface area contributed by atoms with E-state index in [1.807, 2.05) is 24.3 Å². The van der Waals surface area contributed by atoms with Gasteiger partial charge in [0.15, 0.2) is 5.75 Å². The number of nitrogens with one attached hydrogen (secondary N) is 2. The highest BCUT2D eigenvalue weighted by Crippen LogP contribution is 2.27. The van der Waals surface area contributed by atoms with E-state index in [1.54, 1.807) is 19.5 Å². The van der Waals surface area contributed by atoms with Gasteiger partial charge in [-0.3, -0.25) is 9.78 Å². The van der Waals surface area contributed by atoms with Crippen LogP contribution in [0.2, 0.25) is 0 Å². The molecule has 0 spiro atoms. The first kappa shape index (κ1) is 12.5. The van der Waals surface area contributed by atoms with E-state index in [2.05, 4.69) is 15.6 Å². The van der Waals surface area contributed by atoms with Gasteiger partial charge in [-0.25, -0.2) is 0 Å². The zero-order chi connectivity index (χ0) is 13.9. The lowest BCUT2D eigenvalue weighted by Crippen LogP contribution is -2.31. The van der Waals surface area contributed by atoms with Crippen LogP contribution in [0.1, 0.15) is 15.9 Å². The van der Waals surface area contributed by atoms with Crippen molar-refractivity contribution in [1.82, 2.24) is 10.3 Å². The monoisotopic (exact) mass is 269 g/mol. The summed E-state index contributed by atoms with van der Waals surface area (Å²) >= 11 is 0. The van der Waals surface area contributed by atoms with Gasteiger partial charge in [-0.15, -0.1) is 0 Å². The van der Waals surface area contributed by atoms with Gasteiger partial charge in [0.25, 0.3) is 5.91 Å². The summed E-state index contributed by atoms with van der Waals surface area (Å²) in [6, 6.07) is 7.66. The molecule has 102 valence electrons. The maximum Gasteiger partial charge on any atom is 0.251 e. The summed E-state index contributed by atoms with van der Waals surface area (Å²) in [4.78, 5) is 15.9. The molecular weight excluding hydrogens is 254 g/mol. The second-order valence-electron chi connectivity index (χ2n) is 4.58. The van der Waals surface area contributed by atoms with E-state index in [0.29, 0.717) is 12.3 Å². The first-order valence-corrected chi connectivity index (χ1v) is 6.44. The van der Waals surface area contributed by atoms with Gasteiger partial charge in [-0.2, -0.15) is 0 Å². The molecule has 0 atom stereocenters. The van der Waals surface area contributed by atoms with Gasteiger partial charge in [0.2, 0.25) is 0 Å². The summed E-state index contributed by atoms with van der Waals surface area (Å²) in [5.41, 5.74) is 3.49. The third kappa shape index (κ3) is 2.30. The summed E-state index contributed by atoms with van der Waals surface area (Å²) in [5, 5.41) is 6.10. The SMILES string of the molecule is COc1cnccc1Nc1ccc2c(c1)C(=O)NCC2. The van der Waals surface area contributed by atoms with Gasteiger partial charge >= 0.3 is 0 Å². The number of methoxy groups -OCH3 is 1. The van der Waals surface area contributed by atoms with Crippen molar-refractivity contribution in [2.75, 3.05) is 19.0 Å². The molecular formula is C15H15N3O2. The van der Waals surface area contributed by atoms with E-state index in [1.165, 1.54) is 0 Å². The molecule has 20 heavy (non-hydrogen) atoms. The number of fused-ring (bicyclic) bond motifs is 1. The highest BCUT2D eigenvalue weighted by molar-refractivity contribution is 5.97. The van der Waals surface area contributed by atoms with Crippen LogP contribution in [0.25, 0.3) is 0 Å². The number of aromatic nitrogens is 1. The number of hydrogen-bond acceptors (Lipinski definition) is 4. The van der Waals surface area contributed by atoms with Gasteiger partial charge in [0.1, 0.15) is 0 Å². The lowest BCUT2D eigenvalue weighted by atomic mass is 10.00. The molecule has 1 aliphatic heterocycles. The number of benzene rings is 1. The summed E-state index contributed by atoms with van der Waals surface area (Å²) in [5.74, 6) is 0.645. The van der Waals surface area contributed by atoms with Crippen LogP contribution in [0.3, 0.4) is 0 Å². The normalized spacial score (nSPS) is 13.3. The third-order valence-electron chi connectivity index (χ3n) is 3.32. The summed E-state index contributed by atoms with van der Waals surface area (Å²) in [7, 11) is 1.60. The van der Waals surface area contributed by atoms with Gasteiger partial charge in [-0.05, 0) is 30.2 Å². The molecule has 0 saturated carbocycles. The predicted octanol–water partition coefficient (Wildman–Crippen LogP) is 2.12. The lowest BCUT2D eigenvalue weighted by Gasteiger charge is -2.18. The minimum absolute atomic E-state index is 0.0170. The number of anilines is 2. The maximum absolute atomic E-state index is 11.8.